The molecule has 8 nitrogen and oxygen atoms in total. The molecule has 1 aliphatic rings. The van der Waals surface area contributed by atoms with E-state index in [1.807, 2.05) is 0 Å². The highest BCUT2D eigenvalue weighted by atomic mass is 32.2. The minimum Gasteiger partial charge on any atom is -0.444 e. The van der Waals surface area contributed by atoms with Crippen molar-refractivity contribution in [3.8, 4) is 0 Å². The average molecular weight is 474 g/mol. The Bertz CT molecular complexity index is 1090. The molecule has 2 aromatic rings. The molecule has 0 spiro atoms. The van der Waals surface area contributed by atoms with Gasteiger partial charge in [-0.2, -0.15) is 4.31 Å². The third-order valence-corrected chi connectivity index (χ3v) is 6.99. The second-order valence-electron chi connectivity index (χ2n) is 9.00. The van der Waals surface area contributed by atoms with E-state index in [-0.39, 0.29) is 17.3 Å². The van der Waals surface area contributed by atoms with E-state index >= 15 is 0 Å². The van der Waals surface area contributed by atoms with Crippen LogP contribution in [-0.4, -0.2) is 43.4 Å². The molecule has 0 aliphatic carbocycles. The maximum absolute atomic E-state index is 12.9. The predicted molar refractivity (Wildman–Crippen MR) is 127 cm³/mol. The first-order valence-corrected chi connectivity index (χ1v) is 12.5. The molecule has 0 aromatic heterocycles. The van der Waals surface area contributed by atoms with Crippen molar-refractivity contribution in [1.82, 2.24) is 9.62 Å². The predicted octanol–water partition coefficient (Wildman–Crippen LogP) is 4.14. The number of hydrogen-bond donors (Lipinski definition) is 2. The molecule has 0 atom stereocenters. The van der Waals surface area contributed by atoms with E-state index in [4.69, 9.17) is 4.74 Å². The largest absolute Gasteiger partial charge is 0.444 e. The molecule has 2 aromatic carbocycles. The Morgan fingerprint density at radius 1 is 1.00 bits per heavy atom. The molecule has 1 saturated heterocycles. The highest BCUT2D eigenvalue weighted by Crippen LogP contribution is 2.21. The molecule has 33 heavy (non-hydrogen) atoms. The Balaban J connectivity index is 1.58. The highest BCUT2D eigenvalue weighted by Gasteiger charge is 2.26. The van der Waals surface area contributed by atoms with Crippen molar-refractivity contribution < 1.29 is 22.7 Å². The zero-order valence-corrected chi connectivity index (χ0v) is 20.1. The quantitative estimate of drug-likeness (QED) is 0.656. The summed E-state index contributed by atoms with van der Waals surface area (Å²) < 4.78 is 32.5. The second kappa shape index (κ2) is 10.4. The molecule has 0 saturated carbocycles. The number of piperidine rings is 1. The molecular weight excluding hydrogens is 442 g/mol. The van der Waals surface area contributed by atoms with Gasteiger partial charge in [0.1, 0.15) is 5.60 Å². The summed E-state index contributed by atoms with van der Waals surface area (Å²) in [6.07, 6.45) is 2.23. The fourth-order valence-corrected chi connectivity index (χ4v) is 5.07. The van der Waals surface area contributed by atoms with Gasteiger partial charge in [-0.25, -0.2) is 13.2 Å². The van der Waals surface area contributed by atoms with Gasteiger partial charge >= 0.3 is 6.09 Å². The molecule has 1 heterocycles. The van der Waals surface area contributed by atoms with Gasteiger partial charge in [0, 0.05) is 30.9 Å². The molecule has 9 heteroatoms. The van der Waals surface area contributed by atoms with Crippen molar-refractivity contribution in [2.45, 2.75) is 57.1 Å². The van der Waals surface area contributed by atoms with Crippen molar-refractivity contribution >= 4 is 27.7 Å². The molecule has 0 bridgehead atoms. The Morgan fingerprint density at radius 3 is 2.30 bits per heavy atom. The van der Waals surface area contributed by atoms with Crippen molar-refractivity contribution in [2.24, 2.45) is 0 Å². The van der Waals surface area contributed by atoms with E-state index in [2.05, 4.69) is 10.6 Å². The smallest absolute Gasteiger partial charge is 0.412 e. The maximum Gasteiger partial charge on any atom is 0.412 e. The number of nitrogens with one attached hydrogen (secondary N) is 2. The summed E-state index contributed by atoms with van der Waals surface area (Å²) in [7, 11) is -3.53. The number of benzene rings is 2. The number of rotatable bonds is 6. The summed E-state index contributed by atoms with van der Waals surface area (Å²) in [5, 5.41) is 5.42. The van der Waals surface area contributed by atoms with Gasteiger partial charge in [-0.05, 0) is 75.6 Å². The van der Waals surface area contributed by atoms with Crippen LogP contribution in [0.1, 0.15) is 56.0 Å². The minimum atomic E-state index is -3.53. The molecule has 0 radical (unpaired) electrons. The number of hydrogen-bond acceptors (Lipinski definition) is 5. The second-order valence-corrected chi connectivity index (χ2v) is 10.9. The van der Waals surface area contributed by atoms with Gasteiger partial charge in [-0.15, -0.1) is 0 Å². The molecule has 178 valence electrons. The highest BCUT2D eigenvalue weighted by molar-refractivity contribution is 7.89. The Kier molecular flexibility index (Phi) is 7.76. The third-order valence-electron chi connectivity index (χ3n) is 5.10. The summed E-state index contributed by atoms with van der Waals surface area (Å²) in [4.78, 5) is 24.6. The molecule has 3 rings (SSSR count). The summed E-state index contributed by atoms with van der Waals surface area (Å²) in [6.45, 7) is 6.61. The Morgan fingerprint density at radius 2 is 1.67 bits per heavy atom. The number of carbonyl (C=O) groups excluding carboxylic acids is 2. The van der Waals surface area contributed by atoms with Crippen molar-refractivity contribution in [3.05, 3.63) is 59.7 Å². The van der Waals surface area contributed by atoms with Crippen LogP contribution in [0.4, 0.5) is 10.5 Å². The lowest BCUT2D eigenvalue weighted by atomic mass is 10.1. The molecule has 2 N–H and O–H groups in total. The van der Waals surface area contributed by atoms with E-state index in [1.165, 1.54) is 4.31 Å². The van der Waals surface area contributed by atoms with Crippen molar-refractivity contribution in [1.29, 1.82) is 0 Å². The molecular formula is C24H31N3O5S. The maximum atomic E-state index is 12.9. The molecule has 2 amide bonds. The molecule has 1 fully saturated rings. The van der Waals surface area contributed by atoms with Crippen LogP contribution in [-0.2, 0) is 21.3 Å². The van der Waals surface area contributed by atoms with Crippen molar-refractivity contribution in [2.75, 3.05) is 18.4 Å². The summed E-state index contributed by atoms with van der Waals surface area (Å²) >= 11 is 0. The number of carbonyl (C=O) groups is 2. The van der Waals surface area contributed by atoms with E-state index < -0.39 is 21.7 Å². The van der Waals surface area contributed by atoms with Gasteiger partial charge in [-0.3, -0.25) is 10.1 Å². The van der Waals surface area contributed by atoms with E-state index in [0.717, 1.165) is 19.3 Å². The topological polar surface area (TPSA) is 105 Å². The van der Waals surface area contributed by atoms with Crippen LogP contribution in [0.5, 0.6) is 0 Å². The SMILES string of the molecule is CC(C)(C)OC(=O)Nc1ccc(C(=O)NCc2cccc(S(=O)(=O)N3CCCCC3)c2)cc1. The number of nitrogens with zero attached hydrogens (tertiary/aromatic N) is 1. The lowest BCUT2D eigenvalue weighted by Gasteiger charge is -2.26. The Labute approximate surface area is 195 Å². The normalized spacial score (nSPS) is 15.0. The van der Waals surface area contributed by atoms with E-state index in [9.17, 15) is 18.0 Å². The number of amides is 2. The lowest BCUT2D eigenvalue weighted by molar-refractivity contribution is 0.0635. The van der Waals surface area contributed by atoms with Crippen LogP contribution in [0.15, 0.2) is 53.4 Å². The zero-order valence-electron chi connectivity index (χ0n) is 19.3. The number of anilines is 1. The fourth-order valence-electron chi connectivity index (χ4n) is 3.48. The van der Waals surface area contributed by atoms with Gasteiger partial charge < -0.3 is 10.1 Å². The molecule has 1 aliphatic heterocycles. The lowest BCUT2D eigenvalue weighted by Crippen LogP contribution is -2.35. The monoisotopic (exact) mass is 473 g/mol. The minimum absolute atomic E-state index is 0.195. The first-order valence-electron chi connectivity index (χ1n) is 11.0. The van der Waals surface area contributed by atoms with Crippen LogP contribution in [0.2, 0.25) is 0 Å². The third kappa shape index (κ3) is 7.03. The Hall–Kier alpha value is -2.91. The van der Waals surface area contributed by atoms with Gasteiger partial charge in [0.05, 0.1) is 4.90 Å². The first-order chi connectivity index (χ1) is 15.5. The van der Waals surface area contributed by atoms with Crippen LogP contribution in [0.25, 0.3) is 0 Å². The number of sulfonamides is 1. The van der Waals surface area contributed by atoms with Crippen LogP contribution < -0.4 is 10.6 Å². The van der Waals surface area contributed by atoms with Gasteiger partial charge in [0.25, 0.3) is 5.91 Å². The average Bonchev–Trinajstić information content (AvgIpc) is 2.77. The van der Waals surface area contributed by atoms with Crippen LogP contribution in [0, 0.1) is 0 Å². The first kappa shape index (κ1) is 24.7. The van der Waals surface area contributed by atoms with Gasteiger partial charge in [-0.1, -0.05) is 18.6 Å². The van der Waals surface area contributed by atoms with Crippen LogP contribution in [0.3, 0.4) is 0 Å². The number of ether oxygens (including phenoxy) is 1. The fraction of sp³-hybridized carbons (Fsp3) is 0.417. The van der Waals surface area contributed by atoms with Crippen molar-refractivity contribution in [3.63, 3.8) is 0 Å². The molecule has 0 unspecified atom stereocenters. The summed E-state index contributed by atoms with van der Waals surface area (Å²) in [5.74, 6) is -0.303. The summed E-state index contributed by atoms with van der Waals surface area (Å²) in [5.41, 5.74) is 1.02. The van der Waals surface area contributed by atoms with Gasteiger partial charge in [0.15, 0.2) is 0 Å². The van der Waals surface area contributed by atoms with Gasteiger partial charge in [0.2, 0.25) is 10.0 Å². The van der Waals surface area contributed by atoms with Crippen LogP contribution >= 0.6 is 0 Å². The summed E-state index contributed by atoms with van der Waals surface area (Å²) in [6, 6.07) is 13.1. The standard InChI is InChI=1S/C24H31N3O5S/c1-24(2,3)32-23(29)26-20-12-10-19(11-13-20)22(28)25-17-18-8-7-9-21(16-18)33(30,31)27-14-5-4-6-15-27/h7-13,16H,4-6,14-15,17H2,1-3H3,(H,25,28)(H,26,29). The zero-order chi connectivity index (χ0) is 24.1. The van der Waals surface area contributed by atoms with E-state index in [0.29, 0.717) is 29.9 Å². The van der Waals surface area contributed by atoms with E-state index in [1.54, 1.807) is 69.3 Å².